The molecule has 0 aliphatic carbocycles. The van der Waals surface area contributed by atoms with Crippen molar-refractivity contribution in [3.8, 4) is 0 Å². The van der Waals surface area contributed by atoms with Gasteiger partial charge in [0, 0.05) is 6.04 Å². The molecule has 0 saturated heterocycles. The van der Waals surface area contributed by atoms with Crippen molar-refractivity contribution in [3.63, 3.8) is 0 Å². The van der Waals surface area contributed by atoms with E-state index in [1.54, 1.807) is 6.92 Å². The van der Waals surface area contributed by atoms with E-state index >= 15 is 0 Å². The minimum Gasteiger partial charge on any atom is -0.469 e. The van der Waals surface area contributed by atoms with Gasteiger partial charge >= 0.3 is 5.97 Å². The van der Waals surface area contributed by atoms with E-state index in [0.29, 0.717) is 6.61 Å². The van der Waals surface area contributed by atoms with Crippen LogP contribution in [0.2, 0.25) is 0 Å². The van der Waals surface area contributed by atoms with Crippen LogP contribution in [0.1, 0.15) is 20.8 Å². The zero-order valence-electron chi connectivity index (χ0n) is 8.09. The summed E-state index contributed by atoms with van der Waals surface area (Å²) in [6, 6.07) is -0.0302. The van der Waals surface area contributed by atoms with Crippen LogP contribution in [0.5, 0.6) is 0 Å². The summed E-state index contributed by atoms with van der Waals surface area (Å²) in [6.45, 7) is 6.13. The van der Waals surface area contributed by atoms with Crippen molar-refractivity contribution in [3.05, 3.63) is 0 Å². The Morgan fingerprint density at radius 3 is 2.50 bits per heavy atom. The fourth-order valence-corrected chi connectivity index (χ4v) is 0.707. The van der Waals surface area contributed by atoms with E-state index in [1.807, 2.05) is 13.8 Å². The van der Waals surface area contributed by atoms with E-state index < -0.39 is 0 Å². The van der Waals surface area contributed by atoms with Crippen LogP contribution < -0.4 is 5.48 Å². The highest BCUT2D eigenvalue weighted by Crippen LogP contribution is 2.03. The van der Waals surface area contributed by atoms with Crippen LogP contribution in [0, 0.1) is 5.92 Å². The molecule has 0 heterocycles. The molecule has 0 rings (SSSR count). The molecule has 4 nitrogen and oxygen atoms in total. The number of esters is 1. The van der Waals surface area contributed by atoms with E-state index in [4.69, 9.17) is 4.84 Å². The number of hydrogen-bond acceptors (Lipinski definition) is 4. The number of nitrogens with one attached hydrogen (secondary N) is 1. The molecular weight excluding hydrogens is 158 g/mol. The lowest BCUT2D eigenvalue weighted by Crippen LogP contribution is -2.36. The van der Waals surface area contributed by atoms with Gasteiger partial charge in [-0.3, -0.25) is 4.79 Å². The molecule has 0 bridgehead atoms. The molecule has 0 spiro atoms. The average molecular weight is 175 g/mol. The van der Waals surface area contributed by atoms with Crippen LogP contribution in [-0.4, -0.2) is 25.7 Å². The molecule has 0 aromatic rings. The molecule has 4 heteroatoms. The first-order chi connectivity index (χ1) is 5.63. The first-order valence-electron chi connectivity index (χ1n) is 4.08. The zero-order valence-corrected chi connectivity index (χ0v) is 8.09. The first-order valence-corrected chi connectivity index (χ1v) is 4.08. The lowest BCUT2D eigenvalue weighted by Gasteiger charge is -2.18. The molecule has 0 aromatic heterocycles. The summed E-state index contributed by atoms with van der Waals surface area (Å²) in [7, 11) is 1.38. The highest BCUT2D eigenvalue weighted by molar-refractivity contribution is 5.72. The summed E-state index contributed by atoms with van der Waals surface area (Å²) < 4.78 is 4.58. The van der Waals surface area contributed by atoms with E-state index in [1.165, 1.54) is 7.11 Å². The van der Waals surface area contributed by atoms with Crippen LogP contribution in [0.15, 0.2) is 0 Å². The highest BCUT2D eigenvalue weighted by Gasteiger charge is 2.20. The Hall–Kier alpha value is -0.610. The second-order valence-corrected chi connectivity index (χ2v) is 2.65. The Morgan fingerprint density at radius 1 is 1.50 bits per heavy atom. The van der Waals surface area contributed by atoms with Crippen LogP contribution in [-0.2, 0) is 14.4 Å². The molecular formula is C8H17NO3. The van der Waals surface area contributed by atoms with Crippen molar-refractivity contribution in [2.45, 2.75) is 26.8 Å². The Balaban J connectivity index is 3.75. The monoisotopic (exact) mass is 175 g/mol. The molecule has 0 amide bonds. The van der Waals surface area contributed by atoms with Gasteiger partial charge in [0.2, 0.25) is 0 Å². The average Bonchev–Trinajstić information content (AvgIpc) is 2.11. The summed E-state index contributed by atoms with van der Waals surface area (Å²) in [5, 5.41) is 0. The number of carbonyl (C=O) groups excluding carboxylic acids is 1. The zero-order chi connectivity index (χ0) is 9.56. The molecule has 0 aromatic carbocycles. The maximum Gasteiger partial charge on any atom is 0.310 e. The number of hydrogen-bond donors (Lipinski definition) is 1. The predicted octanol–water partition coefficient (Wildman–Crippen LogP) is 0.725. The van der Waals surface area contributed by atoms with Crippen molar-refractivity contribution < 1.29 is 14.4 Å². The van der Waals surface area contributed by atoms with Gasteiger partial charge in [0.05, 0.1) is 19.6 Å². The van der Waals surface area contributed by atoms with Gasteiger partial charge < -0.3 is 9.57 Å². The van der Waals surface area contributed by atoms with Crippen LogP contribution in [0.4, 0.5) is 0 Å². The fourth-order valence-electron chi connectivity index (χ4n) is 0.707. The Kier molecular flexibility index (Phi) is 5.66. The third-order valence-corrected chi connectivity index (χ3v) is 1.74. The second-order valence-electron chi connectivity index (χ2n) is 2.65. The molecule has 72 valence electrons. The third-order valence-electron chi connectivity index (χ3n) is 1.74. The molecule has 2 atom stereocenters. The number of rotatable bonds is 5. The highest BCUT2D eigenvalue weighted by atomic mass is 16.6. The standard InChI is InChI=1S/C8H17NO3/c1-5-12-9-7(3)6(2)8(10)11-4/h6-7,9H,5H2,1-4H3. The SMILES string of the molecule is CCONC(C)C(C)C(=O)OC. The quantitative estimate of drug-likeness (QED) is 0.494. The van der Waals surface area contributed by atoms with Gasteiger partial charge in [-0.05, 0) is 13.8 Å². The van der Waals surface area contributed by atoms with Crippen molar-refractivity contribution in [2.24, 2.45) is 5.92 Å². The molecule has 12 heavy (non-hydrogen) atoms. The molecule has 2 unspecified atom stereocenters. The minimum absolute atomic E-state index is 0.0302. The van der Waals surface area contributed by atoms with Gasteiger partial charge in [0.15, 0.2) is 0 Å². The molecule has 0 saturated carbocycles. The predicted molar refractivity (Wildman–Crippen MR) is 45.4 cm³/mol. The number of hydroxylamine groups is 1. The minimum atomic E-state index is -0.227. The van der Waals surface area contributed by atoms with E-state index in [9.17, 15) is 4.79 Å². The maximum atomic E-state index is 11.0. The van der Waals surface area contributed by atoms with Crippen LogP contribution >= 0.6 is 0 Å². The third kappa shape index (κ3) is 3.69. The van der Waals surface area contributed by atoms with Gasteiger partial charge in [-0.1, -0.05) is 6.92 Å². The lowest BCUT2D eigenvalue weighted by atomic mass is 10.1. The van der Waals surface area contributed by atoms with Crippen molar-refractivity contribution in [1.82, 2.24) is 5.48 Å². The van der Waals surface area contributed by atoms with Gasteiger partial charge in [-0.15, -0.1) is 0 Å². The van der Waals surface area contributed by atoms with Crippen molar-refractivity contribution in [1.29, 1.82) is 0 Å². The molecule has 0 aliphatic rings. The summed E-state index contributed by atoms with van der Waals surface area (Å²) in [4.78, 5) is 16.0. The van der Waals surface area contributed by atoms with Gasteiger partial charge in [-0.25, -0.2) is 0 Å². The largest absolute Gasteiger partial charge is 0.469 e. The summed E-state index contributed by atoms with van der Waals surface area (Å²) in [6.07, 6.45) is 0. The van der Waals surface area contributed by atoms with Crippen LogP contribution in [0.25, 0.3) is 0 Å². The molecule has 1 N–H and O–H groups in total. The van der Waals surface area contributed by atoms with E-state index in [2.05, 4.69) is 10.2 Å². The number of ether oxygens (including phenoxy) is 1. The van der Waals surface area contributed by atoms with E-state index in [-0.39, 0.29) is 17.9 Å². The summed E-state index contributed by atoms with van der Waals surface area (Å²) in [5.74, 6) is -0.420. The Labute approximate surface area is 73.2 Å². The van der Waals surface area contributed by atoms with E-state index in [0.717, 1.165) is 0 Å². The number of methoxy groups -OCH3 is 1. The summed E-state index contributed by atoms with van der Waals surface area (Å²) >= 11 is 0. The molecule has 0 aliphatic heterocycles. The molecule has 0 radical (unpaired) electrons. The topological polar surface area (TPSA) is 47.6 Å². The summed E-state index contributed by atoms with van der Waals surface area (Å²) in [5.41, 5.74) is 2.75. The lowest BCUT2D eigenvalue weighted by molar-refractivity contribution is -0.147. The smallest absolute Gasteiger partial charge is 0.310 e. The van der Waals surface area contributed by atoms with Crippen molar-refractivity contribution >= 4 is 5.97 Å². The van der Waals surface area contributed by atoms with Gasteiger partial charge in [0.25, 0.3) is 0 Å². The number of carbonyl (C=O) groups is 1. The van der Waals surface area contributed by atoms with Gasteiger partial charge in [-0.2, -0.15) is 5.48 Å². The fraction of sp³-hybridized carbons (Fsp3) is 0.875. The Morgan fingerprint density at radius 2 is 2.08 bits per heavy atom. The maximum absolute atomic E-state index is 11.0. The van der Waals surface area contributed by atoms with Crippen molar-refractivity contribution in [2.75, 3.05) is 13.7 Å². The van der Waals surface area contributed by atoms with Crippen LogP contribution in [0.3, 0.4) is 0 Å². The Bertz CT molecular complexity index is 138. The van der Waals surface area contributed by atoms with Gasteiger partial charge in [0.1, 0.15) is 0 Å². The normalized spacial score (nSPS) is 15.3. The first kappa shape index (κ1) is 11.4. The molecule has 0 fully saturated rings. The second kappa shape index (κ2) is 5.97.